The van der Waals surface area contributed by atoms with Crippen molar-refractivity contribution in [1.82, 2.24) is 15.1 Å². The minimum Gasteiger partial charge on any atom is -0.314 e. The summed E-state index contributed by atoms with van der Waals surface area (Å²) in [6, 6.07) is 2.79. The fourth-order valence-corrected chi connectivity index (χ4v) is 1.65. The Kier molecular flexibility index (Phi) is 4.82. The first-order valence-electron chi connectivity index (χ1n) is 5.96. The topological polar surface area (TPSA) is 29.9 Å². The van der Waals surface area contributed by atoms with E-state index in [1.165, 1.54) is 11.4 Å². The van der Waals surface area contributed by atoms with Crippen LogP contribution in [0.1, 0.15) is 39.1 Å². The third-order valence-electron chi connectivity index (χ3n) is 2.51. The van der Waals surface area contributed by atoms with Crippen LogP contribution in [-0.2, 0) is 19.4 Å². The van der Waals surface area contributed by atoms with E-state index in [1.54, 1.807) is 0 Å². The lowest BCUT2D eigenvalue weighted by Crippen LogP contribution is -2.25. The lowest BCUT2D eigenvalue weighted by molar-refractivity contribution is 0.560. The molecule has 0 amide bonds. The average molecular weight is 209 g/mol. The van der Waals surface area contributed by atoms with Crippen LogP contribution in [0.25, 0.3) is 0 Å². The molecule has 1 rings (SSSR count). The Hall–Kier alpha value is -0.830. The van der Waals surface area contributed by atoms with Crippen molar-refractivity contribution >= 4 is 0 Å². The van der Waals surface area contributed by atoms with Crippen LogP contribution in [0.5, 0.6) is 0 Å². The van der Waals surface area contributed by atoms with Gasteiger partial charge in [-0.25, -0.2) is 0 Å². The second-order valence-corrected chi connectivity index (χ2v) is 4.16. The molecule has 3 nitrogen and oxygen atoms in total. The lowest BCUT2D eigenvalue weighted by Gasteiger charge is -2.08. The van der Waals surface area contributed by atoms with E-state index < -0.39 is 0 Å². The second-order valence-electron chi connectivity index (χ2n) is 4.16. The predicted octanol–water partition coefficient (Wildman–Crippen LogP) is 2.01. The van der Waals surface area contributed by atoms with Gasteiger partial charge in [-0.05, 0) is 19.4 Å². The Morgan fingerprint density at radius 1 is 1.40 bits per heavy atom. The van der Waals surface area contributed by atoms with E-state index in [0.29, 0.717) is 6.04 Å². The van der Waals surface area contributed by atoms with E-state index in [-0.39, 0.29) is 0 Å². The molecule has 1 heterocycles. The van der Waals surface area contributed by atoms with Crippen LogP contribution in [0, 0.1) is 0 Å². The molecule has 1 N–H and O–H groups in total. The number of aryl methyl sites for hydroxylation is 2. The Balaban J connectivity index is 2.54. The van der Waals surface area contributed by atoms with Crippen LogP contribution in [0.2, 0.25) is 0 Å². The average Bonchev–Trinajstić information content (AvgIpc) is 2.60. The summed E-state index contributed by atoms with van der Waals surface area (Å²) in [5.74, 6) is 0. The molecule has 3 heteroatoms. The minimum atomic E-state index is 0.564. The first-order chi connectivity index (χ1) is 7.17. The van der Waals surface area contributed by atoms with Crippen LogP contribution < -0.4 is 5.32 Å². The van der Waals surface area contributed by atoms with Gasteiger partial charge < -0.3 is 5.32 Å². The maximum absolute atomic E-state index is 4.53. The van der Waals surface area contributed by atoms with Gasteiger partial charge in [0.15, 0.2) is 0 Å². The van der Waals surface area contributed by atoms with Crippen LogP contribution in [-0.4, -0.2) is 22.4 Å². The standard InChI is InChI=1S/C12H23N3/c1-5-11-9-12(15(6-2)14-11)7-8-13-10(3)4/h9-10,13H,5-8H2,1-4H3. The van der Waals surface area contributed by atoms with Crippen LogP contribution >= 0.6 is 0 Å². The molecule has 0 spiro atoms. The largest absolute Gasteiger partial charge is 0.314 e. The van der Waals surface area contributed by atoms with E-state index in [0.717, 1.165) is 25.9 Å². The summed E-state index contributed by atoms with van der Waals surface area (Å²) in [5, 5.41) is 7.97. The summed E-state index contributed by atoms with van der Waals surface area (Å²) in [7, 11) is 0. The molecular formula is C12H23N3. The molecule has 1 aromatic heterocycles. The molecule has 1 aromatic rings. The quantitative estimate of drug-likeness (QED) is 0.776. The molecule has 0 bridgehead atoms. The Labute approximate surface area is 92.9 Å². The number of hydrogen-bond donors (Lipinski definition) is 1. The number of aromatic nitrogens is 2. The van der Waals surface area contributed by atoms with Crippen molar-refractivity contribution in [2.75, 3.05) is 6.54 Å². The molecule has 0 aliphatic rings. The first-order valence-corrected chi connectivity index (χ1v) is 5.96. The van der Waals surface area contributed by atoms with Gasteiger partial charge in [-0.2, -0.15) is 5.10 Å². The van der Waals surface area contributed by atoms with Crippen molar-refractivity contribution in [1.29, 1.82) is 0 Å². The van der Waals surface area contributed by atoms with Crippen molar-refractivity contribution in [3.05, 3.63) is 17.5 Å². The van der Waals surface area contributed by atoms with Crippen molar-refractivity contribution in [2.24, 2.45) is 0 Å². The number of hydrogen-bond acceptors (Lipinski definition) is 2. The molecule has 0 saturated heterocycles. The highest BCUT2D eigenvalue weighted by molar-refractivity contribution is 5.10. The highest BCUT2D eigenvalue weighted by Gasteiger charge is 2.05. The summed E-state index contributed by atoms with van der Waals surface area (Å²) in [6.45, 7) is 10.6. The monoisotopic (exact) mass is 209 g/mol. The van der Waals surface area contributed by atoms with Gasteiger partial charge >= 0.3 is 0 Å². The van der Waals surface area contributed by atoms with Gasteiger partial charge in [0.2, 0.25) is 0 Å². The molecule has 0 aliphatic heterocycles. The van der Waals surface area contributed by atoms with E-state index >= 15 is 0 Å². The van der Waals surface area contributed by atoms with Gasteiger partial charge in [-0.15, -0.1) is 0 Å². The zero-order valence-corrected chi connectivity index (χ0v) is 10.4. The normalized spacial score (nSPS) is 11.3. The molecule has 0 aromatic carbocycles. The summed E-state index contributed by atoms with van der Waals surface area (Å²) in [4.78, 5) is 0. The van der Waals surface area contributed by atoms with Crippen LogP contribution in [0.3, 0.4) is 0 Å². The SMILES string of the molecule is CCc1cc(CCNC(C)C)n(CC)n1. The van der Waals surface area contributed by atoms with Gasteiger partial charge in [0, 0.05) is 31.2 Å². The zero-order chi connectivity index (χ0) is 11.3. The van der Waals surface area contributed by atoms with E-state index in [1.807, 2.05) is 0 Å². The van der Waals surface area contributed by atoms with Gasteiger partial charge in [-0.3, -0.25) is 4.68 Å². The summed E-state index contributed by atoms with van der Waals surface area (Å²) < 4.78 is 2.11. The molecule has 0 radical (unpaired) electrons. The molecule has 0 unspecified atom stereocenters. The fourth-order valence-electron chi connectivity index (χ4n) is 1.65. The van der Waals surface area contributed by atoms with E-state index in [4.69, 9.17) is 0 Å². The first kappa shape index (κ1) is 12.2. The lowest BCUT2D eigenvalue weighted by atomic mass is 10.2. The number of rotatable bonds is 6. The molecule has 0 atom stereocenters. The Morgan fingerprint density at radius 2 is 2.13 bits per heavy atom. The minimum absolute atomic E-state index is 0.564. The van der Waals surface area contributed by atoms with Gasteiger partial charge in [-0.1, -0.05) is 20.8 Å². The highest BCUT2D eigenvalue weighted by atomic mass is 15.3. The van der Waals surface area contributed by atoms with Gasteiger partial charge in [0.1, 0.15) is 0 Å². The fraction of sp³-hybridized carbons (Fsp3) is 0.750. The second kappa shape index (κ2) is 5.91. The van der Waals surface area contributed by atoms with E-state index in [2.05, 4.69) is 48.9 Å². The summed E-state index contributed by atoms with van der Waals surface area (Å²) >= 11 is 0. The Bertz CT molecular complexity index is 289. The number of nitrogens with zero attached hydrogens (tertiary/aromatic N) is 2. The smallest absolute Gasteiger partial charge is 0.0624 e. The maximum atomic E-state index is 4.53. The zero-order valence-electron chi connectivity index (χ0n) is 10.4. The molecular weight excluding hydrogens is 186 g/mol. The van der Waals surface area contributed by atoms with E-state index in [9.17, 15) is 0 Å². The molecule has 0 saturated carbocycles. The Morgan fingerprint density at radius 3 is 2.67 bits per heavy atom. The number of nitrogens with one attached hydrogen (secondary N) is 1. The van der Waals surface area contributed by atoms with Crippen LogP contribution in [0.4, 0.5) is 0 Å². The molecule has 86 valence electrons. The van der Waals surface area contributed by atoms with Crippen molar-refractivity contribution < 1.29 is 0 Å². The van der Waals surface area contributed by atoms with Crippen molar-refractivity contribution in [3.63, 3.8) is 0 Å². The van der Waals surface area contributed by atoms with Crippen molar-refractivity contribution in [2.45, 2.75) is 53.1 Å². The third kappa shape index (κ3) is 3.67. The van der Waals surface area contributed by atoms with Crippen LogP contribution in [0.15, 0.2) is 6.07 Å². The molecule has 0 fully saturated rings. The third-order valence-corrected chi connectivity index (χ3v) is 2.51. The predicted molar refractivity (Wildman–Crippen MR) is 64.1 cm³/mol. The van der Waals surface area contributed by atoms with Gasteiger partial charge in [0.25, 0.3) is 0 Å². The molecule has 15 heavy (non-hydrogen) atoms. The molecule has 0 aliphatic carbocycles. The summed E-state index contributed by atoms with van der Waals surface area (Å²) in [6.07, 6.45) is 2.09. The highest BCUT2D eigenvalue weighted by Crippen LogP contribution is 2.06. The van der Waals surface area contributed by atoms with Crippen molar-refractivity contribution in [3.8, 4) is 0 Å². The van der Waals surface area contributed by atoms with Gasteiger partial charge in [0.05, 0.1) is 5.69 Å². The summed E-state index contributed by atoms with van der Waals surface area (Å²) in [5.41, 5.74) is 2.55. The maximum Gasteiger partial charge on any atom is 0.0624 e.